The molecule has 9 heteroatoms. The Morgan fingerprint density at radius 2 is 2.00 bits per heavy atom. The van der Waals surface area contributed by atoms with Crippen LogP contribution in [0.5, 0.6) is 11.5 Å². The predicted octanol–water partition coefficient (Wildman–Crippen LogP) is 4.77. The third kappa shape index (κ3) is 4.91. The molecule has 2 aliphatic heterocycles. The smallest absolute Gasteiger partial charge is 0.338 e. The minimum absolute atomic E-state index is 0.0373. The van der Waals surface area contributed by atoms with E-state index in [9.17, 15) is 9.59 Å². The van der Waals surface area contributed by atoms with E-state index >= 15 is 0 Å². The summed E-state index contributed by atoms with van der Waals surface area (Å²) in [7, 11) is 1.56. The zero-order valence-corrected chi connectivity index (χ0v) is 21.5. The molecule has 2 aromatic rings. The summed E-state index contributed by atoms with van der Waals surface area (Å²) in [5, 5.41) is 3.30. The number of allylic oxidation sites excluding steroid dienone is 1. The molecular formula is C26H30N2O6S. The van der Waals surface area contributed by atoms with Crippen molar-refractivity contribution in [3.05, 3.63) is 63.6 Å². The van der Waals surface area contributed by atoms with E-state index in [1.165, 1.54) is 11.8 Å². The lowest BCUT2D eigenvalue weighted by Crippen LogP contribution is -2.50. The number of benzene rings is 1. The van der Waals surface area contributed by atoms with Gasteiger partial charge in [0, 0.05) is 11.8 Å². The molecule has 1 aromatic heterocycles. The second-order valence-corrected chi connectivity index (χ2v) is 9.64. The zero-order valence-electron chi connectivity index (χ0n) is 20.7. The van der Waals surface area contributed by atoms with Crippen LogP contribution < -0.4 is 14.8 Å². The molecule has 0 aliphatic carbocycles. The van der Waals surface area contributed by atoms with Gasteiger partial charge in [-0.1, -0.05) is 17.8 Å². The fourth-order valence-electron chi connectivity index (χ4n) is 4.18. The van der Waals surface area contributed by atoms with Crippen LogP contribution in [0, 0.1) is 6.92 Å². The molecule has 2 aliphatic rings. The summed E-state index contributed by atoms with van der Waals surface area (Å²) >= 11 is 1.38. The fraction of sp³-hybridized carbons (Fsp3) is 0.385. The van der Waals surface area contributed by atoms with Crippen LogP contribution in [0.4, 0.5) is 0 Å². The van der Waals surface area contributed by atoms with E-state index in [0.29, 0.717) is 33.4 Å². The summed E-state index contributed by atoms with van der Waals surface area (Å²) in [5.41, 5.74) is 1.36. The quantitative estimate of drug-likeness (QED) is 0.432. The van der Waals surface area contributed by atoms with Crippen LogP contribution in [0.3, 0.4) is 0 Å². The van der Waals surface area contributed by atoms with Gasteiger partial charge in [-0.05, 0) is 64.4 Å². The Balaban J connectivity index is 1.80. The molecule has 1 amide bonds. The summed E-state index contributed by atoms with van der Waals surface area (Å²) in [4.78, 5) is 28.9. The van der Waals surface area contributed by atoms with Crippen LogP contribution in [-0.2, 0) is 14.3 Å². The van der Waals surface area contributed by atoms with Crippen molar-refractivity contribution in [2.75, 3.05) is 13.7 Å². The van der Waals surface area contributed by atoms with Crippen LogP contribution in [0.2, 0.25) is 0 Å². The highest BCUT2D eigenvalue weighted by molar-refractivity contribution is 8.05. The van der Waals surface area contributed by atoms with E-state index in [1.807, 2.05) is 52.0 Å². The van der Waals surface area contributed by atoms with Crippen LogP contribution in [0.25, 0.3) is 6.08 Å². The Morgan fingerprint density at radius 3 is 2.63 bits per heavy atom. The summed E-state index contributed by atoms with van der Waals surface area (Å²) in [6.45, 7) is 9.53. The first kappa shape index (κ1) is 24.8. The Bertz CT molecular complexity index is 1200. The third-order valence-corrected chi connectivity index (χ3v) is 6.74. The van der Waals surface area contributed by atoms with Gasteiger partial charge < -0.3 is 23.9 Å². The van der Waals surface area contributed by atoms with Gasteiger partial charge in [-0.15, -0.1) is 0 Å². The number of furan rings is 1. The molecule has 4 rings (SSSR count). The van der Waals surface area contributed by atoms with E-state index < -0.39 is 17.5 Å². The number of esters is 1. The van der Waals surface area contributed by atoms with E-state index in [1.54, 1.807) is 31.1 Å². The van der Waals surface area contributed by atoms with Gasteiger partial charge in [0.15, 0.2) is 17.0 Å². The van der Waals surface area contributed by atoms with Gasteiger partial charge in [-0.3, -0.25) is 9.69 Å². The first-order chi connectivity index (χ1) is 16.7. The van der Waals surface area contributed by atoms with Crippen LogP contribution in [0.15, 0.2) is 50.9 Å². The molecule has 1 aromatic carbocycles. The maximum Gasteiger partial charge on any atom is 0.338 e. The fourth-order valence-corrected chi connectivity index (χ4v) is 5.38. The number of carbonyl (C=O) groups is 2. The molecule has 1 fully saturated rings. The molecule has 2 atom stereocenters. The van der Waals surface area contributed by atoms with E-state index in [-0.39, 0.29) is 18.6 Å². The topological polar surface area (TPSA) is 90.2 Å². The molecule has 35 heavy (non-hydrogen) atoms. The van der Waals surface area contributed by atoms with Gasteiger partial charge in [-0.2, -0.15) is 0 Å². The standard InChI is InChI=1S/C26H30N2O6S/c1-7-32-25(30)22-16(5)27-26-28(24(29)21(35-26)13-18-10-8-15(4)34-18)23(22)17-9-11-19(33-14(2)3)20(12-17)31-6/h8-14,23,26-27H,7H2,1-6H3/b21-13-/t23-,26+/m0/s1. The predicted molar refractivity (Wildman–Crippen MR) is 134 cm³/mol. The minimum Gasteiger partial charge on any atom is -0.493 e. The Hall–Kier alpha value is -3.33. The van der Waals surface area contributed by atoms with E-state index in [2.05, 4.69) is 5.32 Å². The molecule has 186 valence electrons. The lowest BCUT2D eigenvalue weighted by atomic mass is 9.93. The maximum atomic E-state index is 13.7. The second kappa shape index (κ2) is 10.1. The van der Waals surface area contributed by atoms with Crippen molar-refractivity contribution < 1.29 is 28.2 Å². The molecule has 0 bridgehead atoms. The Labute approximate surface area is 209 Å². The van der Waals surface area contributed by atoms with Crippen LogP contribution >= 0.6 is 11.8 Å². The number of methoxy groups -OCH3 is 1. The first-order valence-corrected chi connectivity index (χ1v) is 12.4. The van der Waals surface area contributed by atoms with Gasteiger partial charge in [0.05, 0.1) is 36.3 Å². The molecule has 0 spiro atoms. The van der Waals surface area contributed by atoms with Crippen LogP contribution in [0.1, 0.15) is 50.8 Å². The number of hydrogen-bond donors (Lipinski definition) is 1. The second-order valence-electron chi connectivity index (χ2n) is 8.52. The Morgan fingerprint density at radius 1 is 1.23 bits per heavy atom. The normalized spacial score (nSPS) is 20.8. The lowest BCUT2D eigenvalue weighted by molar-refractivity contribution is -0.140. The highest BCUT2D eigenvalue weighted by Gasteiger charge is 2.48. The average Bonchev–Trinajstić information content (AvgIpc) is 3.35. The number of amides is 1. The summed E-state index contributed by atoms with van der Waals surface area (Å²) in [6, 6.07) is 8.47. The van der Waals surface area contributed by atoms with Crippen molar-refractivity contribution >= 4 is 29.7 Å². The van der Waals surface area contributed by atoms with Gasteiger partial charge in [-0.25, -0.2) is 4.79 Å². The molecule has 1 N–H and O–H groups in total. The van der Waals surface area contributed by atoms with Crippen LogP contribution in [-0.4, -0.2) is 42.1 Å². The number of hydrogen-bond acceptors (Lipinski definition) is 8. The molecular weight excluding hydrogens is 468 g/mol. The Kier molecular flexibility index (Phi) is 7.16. The number of ether oxygens (including phenoxy) is 3. The maximum absolute atomic E-state index is 13.7. The monoisotopic (exact) mass is 498 g/mol. The molecule has 0 unspecified atom stereocenters. The number of thioether (sulfide) groups is 1. The lowest BCUT2D eigenvalue weighted by Gasteiger charge is -2.39. The van der Waals surface area contributed by atoms with E-state index in [4.69, 9.17) is 18.6 Å². The van der Waals surface area contributed by atoms with Crippen molar-refractivity contribution in [3.8, 4) is 11.5 Å². The van der Waals surface area contributed by atoms with Crippen molar-refractivity contribution in [3.63, 3.8) is 0 Å². The SMILES string of the molecule is CCOC(=O)C1=C(C)N[C@H]2S/C(=C\c3ccc(C)o3)C(=O)N2[C@H]1c1ccc(OC(C)C)c(OC)c1. The van der Waals surface area contributed by atoms with Gasteiger partial charge in [0.1, 0.15) is 11.5 Å². The number of nitrogens with zero attached hydrogens (tertiary/aromatic N) is 1. The van der Waals surface area contributed by atoms with E-state index in [0.717, 1.165) is 11.3 Å². The number of rotatable bonds is 7. The molecule has 3 heterocycles. The van der Waals surface area contributed by atoms with Crippen molar-refractivity contribution in [1.82, 2.24) is 10.2 Å². The molecule has 0 saturated carbocycles. The molecule has 1 saturated heterocycles. The molecule has 0 radical (unpaired) electrons. The number of fused-ring (bicyclic) bond motifs is 1. The summed E-state index contributed by atoms with van der Waals surface area (Å²) < 4.78 is 22.5. The number of carbonyl (C=O) groups excluding carboxylic acids is 2. The van der Waals surface area contributed by atoms with Crippen molar-refractivity contribution in [1.29, 1.82) is 0 Å². The highest BCUT2D eigenvalue weighted by atomic mass is 32.2. The largest absolute Gasteiger partial charge is 0.493 e. The third-order valence-electron chi connectivity index (χ3n) is 5.63. The van der Waals surface area contributed by atoms with Crippen molar-refractivity contribution in [2.24, 2.45) is 0 Å². The first-order valence-electron chi connectivity index (χ1n) is 11.5. The average molecular weight is 499 g/mol. The summed E-state index contributed by atoms with van der Waals surface area (Å²) in [5.74, 6) is 1.79. The summed E-state index contributed by atoms with van der Waals surface area (Å²) in [6.07, 6.45) is 1.70. The highest BCUT2D eigenvalue weighted by Crippen LogP contribution is 2.47. The number of aryl methyl sites for hydroxylation is 1. The van der Waals surface area contributed by atoms with Gasteiger partial charge in [0.25, 0.3) is 5.91 Å². The van der Waals surface area contributed by atoms with Gasteiger partial charge in [0.2, 0.25) is 0 Å². The zero-order chi connectivity index (χ0) is 25.3. The number of nitrogens with one attached hydrogen (secondary N) is 1. The minimum atomic E-state index is -0.675. The van der Waals surface area contributed by atoms with Gasteiger partial charge >= 0.3 is 5.97 Å². The molecule has 8 nitrogen and oxygen atoms in total. The van der Waals surface area contributed by atoms with Crippen molar-refractivity contribution in [2.45, 2.75) is 52.3 Å².